The van der Waals surface area contributed by atoms with E-state index in [1.54, 1.807) is 7.11 Å². The van der Waals surface area contributed by atoms with Crippen LogP contribution in [0.5, 0.6) is 5.75 Å². The fourth-order valence-corrected chi connectivity index (χ4v) is 2.09. The number of anilines is 1. The first-order chi connectivity index (χ1) is 8.80. The average molecular weight is 245 g/mol. The second kappa shape index (κ2) is 5.69. The second-order valence-electron chi connectivity index (χ2n) is 4.09. The van der Waals surface area contributed by atoms with Crippen LogP contribution in [0.4, 0.5) is 5.82 Å². The lowest BCUT2D eigenvalue weighted by Gasteiger charge is -2.22. The average Bonchev–Trinajstić information content (AvgIpc) is 2.43. The maximum atomic E-state index is 5.64. The van der Waals surface area contributed by atoms with Crippen molar-refractivity contribution in [1.82, 2.24) is 4.98 Å². The molecule has 0 unspecified atom stereocenters. The van der Waals surface area contributed by atoms with Crippen molar-refractivity contribution in [3.05, 3.63) is 30.5 Å². The first kappa shape index (κ1) is 12.6. The van der Waals surface area contributed by atoms with Crippen LogP contribution in [-0.2, 0) is 0 Å². The highest BCUT2D eigenvalue weighted by molar-refractivity contribution is 5.93. The van der Waals surface area contributed by atoms with Crippen LogP contribution in [0.25, 0.3) is 10.8 Å². The van der Waals surface area contributed by atoms with E-state index in [0.29, 0.717) is 6.54 Å². The zero-order valence-electron chi connectivity index (χ0n) is 10.9. The lowest BCUT2D eigenvalue weighted by atomic mass is 10.1. The molecule has 0 aliphatic carbocycles. The van der Waals surface area contributed by atoms with Gasteiger partial charge in [-0.05, 0) is 36.6 Å². The molecule has 0 amide bonds. The van der Waals surface area contributed by atoms with Gasteiger partial charge in [0.2, 0.25) is 0 Å². The predicted molar refractivity (Wildman–Crippen MR) is 75.2 cm³/mol. The van der Waals surface area contributed by atoms with E-state index in [-0.39, 0.29) is 0 Å². The Morgan fingerprint density at radius 1 is 1.33 bits per heavy atom. The number of pyridine rings is 1. The third-order valence-electron chi connectivity index (χ3n) is 3.03. The summed E-state index contributed by atoms with van der Waals surface area (Å²) >= 11 is 0. The highest BCUT2D eigenvalue weighted by atomic mass is 16.5. The highest BCUT2D eigenvalue weighted by Gasteiger charge is 2.09. The molecule has 0 atom stereocenters. The minimum atomic E-state index is 0.627. The van der Waals surface area contributed by atoms with Gasteiger partial charge in [0.15, 0.2) is 0 Å². The first-order valence-electron chi connectivity index (χ1n) is 6.18. The molecule has 2 aromatic rings. The summed E-state index contributed by atoms with van der Waals surface area (Å²) in [7, 11) is 1.68. The molecule has 0 saturated carbocycles. The maximum absolute atomic E-state index is 5.64. The Balaban J connectivity index is 2.50. The number of hydrogen-bond acceptors (Lipinski definition) is 4. The summed E-state index contributed by atoms with van der Waals surface area (Å²) in [4.78, 5) is 6.67. The maximum Gasteiger partial charge on any atom is 0.136 e. The van der Waals surface area contributed by atoms with Gasteiger partial charge in [-0.2, -0.15) is 0 Å². The van der Waals surface area contributed by atoms with E-state index >= 15 is 0 Å². The summed E-state index contributed by atoms with van der Waals surface area (Å²) in [5.74, 6) is 1.85. The molecule has 18 heavy (non-hydrogen) atoms. The Hall–Kier alpha value is -1.81. The molecular formula is C14H19N3O. The molecule has 1 aromatic carbocycles. The third-order valence-corrected chi connectivity index (χ3v) is 3.03. The Morgan fingerprint density at radius 3 is 2.83 bits per heavy atom. The van der Waals surface area contributed by atoms with Crippen molar-refractivity contribution in [2.45, 2.75) is 6.92 Å². The Kier molecular flexibility index (Phi) is 3.99. The Bertz CT molecular complexity index is 527. The molecule has 0 aliphatic rings. The number of nitrogens with two attached hydrogens (primary N) is 1. The van der Waals surface area contributed by atoms with Gasteiger partial charge in [-0.1, -0.05) is 0 Å². The molecule has 2 rings (SSSR count). The standard InChI is InChI=1S/C14H19N3O/c1-3-17(9-7-15)14-13-5-4-12(18-2)10-11(13)6-8-16-14/h4-6,8,10H,3,7,9,15H2,1-2H3. The van der Waals surface area contributed by atoms with Gasteiger partial charge >= 0.3 is 0 Å². The largest absolute Gasteiger partial charge is 0.497 e. The Labute approximate surface area is 107 Å². The van der Waals surface area contributed by atoms with Gasteiger partial charge in [-0.25, -0.2) is 4.98 Å². The topological polar surface area (TPSA) is 51.4 Å². The van der Waals surface area contributed by atoms with Crippen molar-refractivity contribution in [2.75, 3.05) is 31.6 Å². The minimum absolute atomic E-state index is 0.627. The Morgan fingerprint density at radius 2 is 2.17 bits per heavy atom. The van der Waals surface area contributed by atoms with Crippen LogP contribution in [0.2, 0.25) is 0 Å². The normalized spacial score (nSPS) is 10.6. The van der Waals surface area contributed by atoms with Crippen LogP contribution in [0.3, 0.4) is 0 Å². The highest BCUT2D eigenvalue weighted by Crippen LogP contribution is 2.27. The van der Waals surface area contributed by atoms with Crippen LogP contribution in [-0.4, -0.2) is 31.7 Å². The van der Waals surface area contributed by atoms with Crippen LogP contribution >= 0.6 is 0 Å². The molecule has 4 nitrogen and oxygen atoms in total. The summed E-state index contributed by atoms with van der Waals surface area (Å²) in [6.45, 7) is 4.45. The molecule has 0 aliphatic heterocycles. The third kappa shape index (κ3) is 2.38. The van der Waals surface area contributed by atoms with Crippen LogP contribution in [0, 0.1) is 0 Å². The van der Waals surface area contributed by atoms with Gasteiger partial charge in [0.25, 0.3) is 0 Å². The molecule has 0 bridgehead atoms. The van der Waals surface area contributed by atoms with E-state index in [1.165, 1.54) is 0 Å². The van der Waals surface area contributed by atoms with E-state index in [4.69, 9.17) is 10.5 Å². The van der Waals surface area contributed by atoms with Crippen LogP contribution in [0.15, 0.2) is 30.5 Å². The molecule has 4 heteroatoms. The van der Waals surface area contributed by atoms with E-state index in [9.17, 15) is 0 Å². The molecule has 0 fully saturated rings. The van der Waals surface area contributed by atoms with E-state index < -0.39 is 0 Å². The van der Waals surface area contributed by atoms with Crippen molar-refractivity contribution in [2.24, 2.45) is 5.73 Å². The molecule has 0 saturated heterocycles. The lowest BCUT2D eigenvalue weighted by molar-refractivity contribution is 0.415. The second-order valence-corrected chi connectivity index (χ2v) is 4.09. The fourth-order valence-electron chi connectivity index (χ4n) is 2.09. The van der Waals surface area contributed by atoms with Crippen molar-refractivity contribution in [1.29, 1.82) is 0 Å². The van der Waals surface area contributed by atoms with Gasteiger partial charge in [-0.15, -0.1) is 0 Å². The number of likely N-dealkylation sites (N-methyl/N-ethyl adjacent to an activating group) is 1. The van der Waals surface area contributed by atoms with Gasteiger partial charge in [0.05, 0.1) is 7.11 Å². The predicted octanol–water partition coefficient (Wildman–Crippen LogP) is 2.03. The monoisotopic (exact) mass is 245 g/mol. The number of aromatic nitrogens is 1. The molecular weight excluding hydrogens is 226 g/mol. The summed E-state index contributed by atoms with van der Waals surface area (Å²) in [6, 6.07) is 8.04. The van der Waals surface area contributed by atoms with Gasteiger partial charge in [0.1, 0.15) is 11.6 Å². The van der Waals surface area contributed by atoms with Crippen LogP contribution in [0.1, 0.15) is 6.92 Å². The number of methoxy groups -OCH3 is 1. The lowest BCUT2D eigenvalue weighted by Crippen LogP contribution is -2.29. The van der Waals surface area contributed by atoms with Gasteiger partial charge in [0, 0.05) is 31.2 Å². The molecule has 1 heterocycles. The zero-order chi connectivity index (χ0) is 13.0. The molecule has 96 valence electrons. The van der Waals surface area contributed by atoms with Crippen molar-refractivity contribution in [3.63, 3.8) is 0 Å². The van der Waals surface area contributed by atoms with E-state index in [0.717, 1.165) is 35.4 Å². The van der Waals surface area contributed by atoms with Crippen molar-refractivity contribution >= 4 is 16.6 Å². The van der Waals surface area contributed by atoms with Crippen LogP contribution < -0.4 is 15.4 Å². The molecule has 1 aromatic heterocycles. The van der Waals surface area contributed by atoms with Crippen molar-refractivity contribution < 1.29 is 4.74 Å². The summed E-state index contributed by atoms with van der Waals surface area (Å²) in [6.07, 6.45) is 1.83. The van der Waals surface area contributed by atoms with E-state index in [2.05, 4.69) is 22.9 Å². The van der Waals surface area contributed by atoms with Gasteiger partial charge < -0.3 is 15.4 Å². The first-order valence-corrected chi connectivity index (χ1v) is 6.18. The summed E-state index contributed by atoms with van der Waals surface area (Å²) in [5.41, 5.74) is 5.64. The minimum Gasteiger partial charge on any atom is -0.497 e. The smallest absolute Gasteiger partial charge is 0.136 e. The number of ether oxygens (including phenoxy) is 1. The van der Waals surface area contributed by atoms with Gasteiger partial charge in [-0.3, -0.25) is 0 Å². The SMILES string of the molecule is CCN(CCN)c1nccc2cc(OC)ccc12. The summed E-state index contributed by atoms with van der Waals surface area (Å²) < 4.78 is 5.24. The molecule has 2 N–H and O–H groups in total. The molecule has 0 spiro atoms. The number of rotatable bonds is 5. The van der Waals surface area contributed by atoms with E-state index in [1.807, 2.05) is 24.4 Å². The fraction of sp³-hybridized carbons (Fsp3) is 0.357. The number of fused-ring (bicyclic) bond motifs is 1. The number of benzene rings is 1. The molecule has 0 radical (unpaired) electrons. The summed E-state index contributed by atoms with van der Waals surface area (Å²) in [5, 5.41) is 2.27. The quantitative estimate of drug-likeness (QED) is 0.875. The van der Waals surface area contributed by atoms with Crippen molar-refractivity contribution in [3.8, 4) is 5.75 Å². The zero-order valence-corrected chi connectivity index (χ0v) is 10.9. The number of nitrogens with zero attached hydrogens (tertiary/aromatic N) is 2. The number of hydrogen-bond donors (Lipinski definition) is 1.